The van der Waals surface area contributed by atoms with Crippen molar-refractivity contribution in [3.63, 3.8) is 0 Å². The molecule has 3 aliphatic carbocycles. The van der Waals surface area contributed by atoms with Crippen LogP contribution in [0.15, 0.2) is 48.5 Å². The second kappa shape index (κ2) is 8.32. The van der Waals surface area contributed by atoms with Gasteiger partial charge < -0.3 is 14.6 Å². The van der Waals surface area contributed by atoms with Crippen LogP contribution in [0.2, 0.25) is 0 Å². The van der Waals surface area contributed by atoms with Gasteiger partial charge in [0.15, 0.2) is 0 Å². The normalized spacial score (nSPS) is 32.7. The topological polar surface area (TPSA) is 55.8 Å². The number of ether oxygens (including phenoxy) is 2. The molecule has 5 atom stereocenters. The van der Waals surface area contributed by atoms with Gasteiger partial charge in [-0.25, -0.2) is 0 Å². The molecular weight excluding hydrogens is 412 g/mol. The van der Waals surface area contributed by atoms with Crippen LogP contribution >= 0.6 is 0 Å². The Kier molecular flexibility index (Phi) is 5.60. The Bertz CT molecular complexity index is 1070. The van der Waals surface area contributed by atoms with E-state index < -0.39 is 5.60 Å². The molecule has 0 unspecified atom stereocenters. The summed E-state index contributed by atoms with van der Waals surface area (Å²) in [5.41, 5.74) is 2.95. The molecule has 0 aliphatic heterocycles. The first-order valence-electron chi connectivity index (χ1n) is 12.2. The number of aryl methyl sites for hydroxylation is 1. The standard InChI is InChI=1S/C29H34O4/c1-19(30)33-23-9-11-24-21(18-23)6-10-26-25(24)13-15-28(2)27(26)14-17-29(28,31)16-12-20-4-7-22(32-3)8-5-20/h4-5,7-9,11-12,16,18,25-27,31H,6,10,13-15,17H2,1-3H3/b16-12-/t25-,26-,27+,28+,29+/m1/s1. The molecular formula is C29H34O4. The number of carbonyl (C=O) groups is 1. The molecule has 0 bridgehead atoms. The van der Waals surface area contributed by atoms with Crippen molar-refractivity contribution < 1.29 is 19.4 Å². The molecule has 4 heteroatoms. The van der Waals surface area contributed by atoms with Crippen LogP contribution in [0.4, 0.5) is 0 Å². The van der Waals surface area contributed by atoms with Crippen LogP contribution in [-0.4, -0.2) is 23.8 Å². The predicted molar refractivity (Wildman–Crippen MR) is 129 cm³/mol. The van der Waals surface area contributed by atoms with Crippen molar-refractivity contribution in [3.05, 3.63) is 65.2 Å². The van der Waals surface area contributed by atoms with E-state index in [-0.39, 0.29) is 11.4 Å². The van der Waals surface area contributed by atoms with Gasteiger partial charge in [0.05, 0.1) is 12.7 Å². The number of carbonyl (C=O) groups excluding carboxylic acids is 1. The smallest absolute Gasteiger partial charge is 0.308 e. The van der Waals surface area contributed by atoms with Gasteiger partial charge in [0.25, 0.3) is 0 Å². The van der Waals surface area contributed by atoms with Crippen LogP contribution in [0.3, 0.4) is 0 Å². The second-order valence-corrected chi connectivity index (χ2v) is 10.4. The van der Waals surface area contributed by atoms with Crippen LogP contribution in [0.1, 0.15) is 68.6 Å². The van der Waals surface area contributed by atoms with Gasteiger partial charge in [-0.3, -0.25) is 4.79 Å². The van der Waals surface area contributed by atoms with Crippen molar-refractivity contribution in [3.8, 4) is 11.5 Å². The van der Waals surface area contributed by atoms with Crippen molar-refractivity contribution in [2.24, 2.45) is 17.3 Å². The van der Waals surface area contributed by atoms with Gasteiger partial charge >= 0.3 is 5.97 Å². The summed E-state index contributed by atoms with van der Waals surface area (Å²) in [4.78, 5) is 11.3. The third kappa shape index (κ3) is 3.78. The van der Waals surface area contributed by atoms with Crippen LogP contribution in [0, 0.1) is 17.3 Å². The maximum Gasteiger partial charge on any atom is 0.308 e. The van der Waals surface area contributed by atoms with E-state index in [9.17, 15) is 9.90 Å². The lowest BCUT2D eigenvalue weighted by molar-refractivity contribution is -0.131. The molecule has 2 aromatic carbocycles. The Morgan fingerprint density at radius 2 is 1.82 bits per heavy atom. The van der Waals surface area contributed by atoms with E-state index in [1.807, 2.05) is 30.3 Å². The molecule has 5 rings (SSSR count). The Balaban J connectivity index is 1.37. The zero-order chi connectivity index (χ0) is 23.2. The van der Waals surface area contributed by atoms with Gasteiger partial charge in [-0.2, -0.15) is 0 Å². The van der Waals surface area contributed by atoms with E-state index in [2.05, 4.69) is 31.2 Å². The minimum Gasteiger partial charge on any atom is -0.497 e. The highest BCUT2D eigenvalue weighted by atomic mass is 16.5. The molecule has 0 aromatic heterocycles. The maximum absolute atomic E-state index is 11.9. The SMILES string of the molecule is COc1ccc(/C=C\[C@]2(O)CC[C@H]3[C@@H]4CCc5cc(OC(C)=O)ccc5[C@H]4CC[C@@]32C)cc1. The molecule has 0 spiro atoms. The molecule has 4 nitrogen and oxygen atoms in total. The molecule has 2 aromatic rings. The minimum atomic E-state index is -0.776. The highest BCUT2D eigenvalue weighted by molar-refractivity contribution is 5.69. The molecule has 0 saturated heterocycles. The Hall–Kier alpha value is -2.59. The molecule has 174 valence electrons. The molecule has 0 amide bonds. The summed E-state index contributed by atoms with van der Waals surface area (Å²) in [5, 5.41) is 11.9. The summed E-state index contributed by atoms with van der Waals surface area (Å²) in [6.07, 6.45) is 10.3. The van der Waals surface area contributed by atoms with Crippen LogP contribution in [0.25, 0.3) is 6.08 Å². The quantitative estimate of drug-likeness (QED) is 0.468. The molecule has 33 heavy (non-hydrogen) atoms. The molecule has 2 saturated carbocycles. The number of aliphatic hydroxyl groups is 1. The lowest BCUT2D eigenvalue weighted by Crippen LogP contribution is -2.49. The summed E-state index contributed by atoms with van der Waals surface area (Å²) in [5.74, 6) is 2.87. The summed E-state index contributed by atoms with van der Waals surface area (Å²) in [6, 6.07) is 14.2. The monoisotopic (exact) mass is 446 g/mol. The van der Waals surface area contributed by atoms with Crippen LogP contribution < -0.4 is 9.47 Å². The molecule has 2 fully saturated rings. The van der Waals surface area contributed by atoms with Crippen molar-refractivity contribution in [1.29, 1.82) is 0 Å². The van der Waals surface area contributed by atoms with Gasteiger partial charge in [0, 0.05) is 12.3 Å². The predicted octanol–water partition coefficient (Wildman–Crippen LogP) is 5.92. The number of fused-ring (bicyclic) bond motifs is 5. The summed E-state index contributed by atoms with van der Waals surface area (Å²) in [7, 11) is 1.67. The Labute approximate surface area is 196 Å². The average molecular weight is 447 g/mol. The molecule has 0 heterocycles. The fourth-order valence-corrected chi connectivity index (χ4v) is 7.06. The summed E-state index contributed by atoms with van der Waals surface area (Å²) >= 11 is 0. The summed E-state index contributed by atoms with van der Waals surface area (Å²) < 4.78 is 10.6. The fraction of sp³-hybridized carbons (Fsp3) is 0.483. The van der Waals surface area contributed by atoms with E-state index in [4.69, 9.17) is 9.47 Å². The van der Waals surface area contributed by atoms with Gasteiger partial charge in [-0.1, -0.05) is 37.3 Å². The second-order valence-electron chi connectivity index (χ2n) is 10.4. The van der Waals surface area contributed by atoms with E-state index in [0.717, 1.165) is 49.8 Å². The van der Waals surface area contributed by atoms with Crippen LogP contribution in [0.5, 0.6) is 11.5 Å². The van der Waals surface area contributed by atoms with E-state index in [1.54, 1.807) is 7.11 Å². The number of methoxy groups -OCH3 is 1. The zero-order valence-corrected chi connectivity index (χ0v) is 19.8. The number of rotatable bonds is 4. The number of esters is 1. The number of benzene rings is 2. The minimum absolute atomic E-state index is 0.105. The first-order valence-corrected chi connectivity index (χ1v) is 12.2. The third-order valence-corrected chi connectivity index (χ3v) is 8.84. The highest BCUT2D eigenvalue weighted by Crippen LogP contribution is 2.64. The summed E-state index contributed by atoms with van der Waals surface area (Å²) in [6.45, 7) is 3.76. The lowest BCUT2D eigenvalue weighted by Gasteiger charge is -2.52. The average Bonchev–Trinajstić information content (AvgIpc) is 3.08. The first-order chi connectivity index (χ1) is 15.8. The third-order valence-electron chi connectivity index (χ3n) is 8.84. The highest BCUT2D eigenvalue weighted by Gasteiger charge is 2.60. The Morgan fingerprint density at radius 3 is 2.55 bits per heavy atom. The van der Waals surface area contributed by atoms with Gasteiger partial charge in [0.1, 0.15) is 11.5 Å². The number of hydrogen-bond acceptors (Lipinski definition) is 4. The zero-order valence-electron chi connectivity index (χ0n) is 19.8. The molecule has 0 radical (unpaired) electrons. The van der Waals surface area contributed by atoms with Gasteiger partial charge in [-0.15, -0.1) is 0 Å². The van der Waals surface area contributed by atoms with Crippen molar-refractivity contribution in [1.82, 2.24) is 0 Å². The van der Waals surface area contributed by atoms with E-state index >= 15 is 0 Å². The van der Waals surface area contributed by atoms with Crippen molar-refractivity contribution >= 4 is 12.0 Å². The maximum atomic E-state index is 11.9. The molecule has 1 N–H and O–H groups in total. The number of hydrogen-bond donors (Lipinski definition) is 1. The largest absolute Gasteiger partial charge is 0.497 e. The van der Waals surface area contributed by atoms with E-state index in [0.29, 0.717) is 23.5 Å². The van der Waals surface area contributed by atoms with E-state index in [1.165, 1.54) is 18.1 Å². The van der Waals surface area contributed by atoms with Gasteiger partial charge in [0.2, 0.25) is 0 Å². The fourth-order valence-electron chi connectivity index (χ4n) is 7.06. The van der Waals surface area contributed by atoms with Crippen molar-refractivity contribution in [2.45, 2.75) is 63.9 Å². The Morgan fingerprint density at radius 1 is 1.06 bits per heavy atom. The van der Waals surface area contributed by atoms with Crippen molar-refractivity contribution in [2.75, 3.05) is 7.11 Å². The lowest BCUT2D eigenvalue weighted by atomic mass is 9.53. The first kappa shape index (κ1) is 22.2. The molecule has 3 aliphatic rings. The van der Waals surface area contributed by atoms with Crippen LogP contribution in [-0.2, 0) is 11.2 Å². The van der Waals surface area contributed by atoms with Gasteiger partial charge in [-0.05, 0) is 97.2 Å².